The second-order valence-corrected chi connectivity index (χ2v) is 7.53. The quantitative estimate of drug-likeness (QED) is 0.431. The number of hydrogen-bond acceptors (Lipinski definition) is 4. The van der Waals surface area contributed by atoms with Crippen LogP contribution in [-0.2, 0) is 6.54 Å². The number of anilines is 1. The Hall–Kier alpha value is -2.85. The molecule has 0 atom stereocenters. The van der Waals surface area contributed by atoms with Gasteiger partial charge in [0.1, 0.15) is 10.8 Å². The zero-order valence-corrected chi connectivity index (χ0v) is 16.3. The van der Waals surface area contributed by atoms with E-state index in [1.807, 2.05) is 19.1 Å². The van der Waals surface area contributed by atoms with Crippen LogP contribution in [0.15, 0.2) is 66.7 Å². The third-order valence-electron chi connectivity index (χ3n) is 4.38. The van der Waals surface area contributed by atoms with E-state index in [9.17, 15) is 0 Å². The van der Waals surface area contributed by atoms with Crippen LogP contribution in [0.25, 0.3) is 20.8 Å². The van der Waals surface area contributed by atoms with E-state index in [0.717, 1.165) is 34.1 Å². The zero-order valence-electron chi connectivity index (χ0n) is 15.5. The number of hydrogen-bond donors (Lipinski definition) is 1. The molecule has 27 heavy (non-hydrogen) atoms. The van der Waals surface area contributed by atoms with Gasteiger partial charge in [0.2, 0.25) is 0 Å². The Balaban J connectivity index is 1.46. The van der Waals surface area contributed by atoms with E-state index in [1.54, 1.807) is 11.3 Å². The molecule has 0 aliphatic heterocycles. The summed E-state index contributed by atoms with van der Waals surface area (Å²) < 4.78 is 6.80. The van der Waals surface area contributed by atoms with Crippen molar-refractivity contribution in [3.63, 3.8) is 0 Å². The molecule has 3 aromatic carbocycles. The summed E-state index contributed by atoms with van der Waals surface area (Å²) in [7, 11) is 0. The van der Waals surface area contributed by atoms with Crippen molar-refractivity contribution in [3.05, 3.63) is 77.9 Å². The SMILES string of the molecule is CCOc1cccc(CNc2ccc(-c3nc4ccc(C)cc4s3)cc2)c1. The molecule has 4 heteroatoms. The van der Waals surface area contributed by atoms with Gasteiger partial charge in [0, 0.05) is 17.8 Å². The average Bonchev–Trinajstić information content (AvgIpc) is 3.10. The molecule has 1 aromatic heterocycles. The molecule has 0 radical (unpaired) electrons. The number of nitrogens with one attached hydrogen (secondary N) is 1. The van der Waals surface area contributed by atoms with Crippen molar-refractivity contribution in [2.24, 2.45) is 0 Å². The lowest BCUT2D eigenvalue weighted by Crippen LogP contribution is -2.00. The zero-order chi connectivity index (χ0) is 18.6. The number of benzene rings is 3. The molecule has 0 unspecified atom stereocenters. The van der Waals surface area contributed by atoms with Gasteiger partial charge in [-0.25, -0.2) is 4.98 Å². The summed E-state index contributed by atoms with van der Waals surface area (Å²) in [5, 5.41) is 4.53. The van der Waals surface area contributed by atoms with Crippen LogP contribution in [0, 0.1) is 6.92 Å². The summed E-state index contributed by atoms with van der Waals surface area (Å²) in [6, 6.07) is 23.1. The standard InChI is InChI=1S/C23H22N2OS/c1-3-26-20-6-4-5-17(14-20)15-24-19-10-8-18(9-11-19)23-25-21-12-7-16(2)13-22(21)27-23/h4-14,24H,3,15H2,1-2H3. The maximum Gasteiger partial charge on any atom is 0.124 e. The maximum absolute atomic E-state index is 5.56. The summed E-state index contributed by atoms with van der Waals surface area (Å²) in [5.74, 6) is 0.915. The van der Waals surface area contributed by atoms with E-state index in [1.165, 1.54) is 15.8 Å². The van der Waals surface area contributed by atoms with Gasteiger partial charge < -0.3 is 10.1 Å². The first-order valence-electron chi connectivity index (χ1n) is 9.14. The van der Waals surface area contributed by atoms with Crippen LogP contribution in [0.1, 0.15) is 18.1 Å². The van der Waals surface area contributed by atoms with Gasteiger partial charge in [0.25, 0.3) is 0 Å². The number of aromatic nitrogens is 1. The highest BCUT2D eigenvalue weighted by Crippen LogP contribution is 2.31. The smallest absolute Gasteiger partial charge is 0.124 e. The highest BCUT2D eigenvalue weighted by molar-refractivity contribution is 7.21. The van der Waals surface area contributed by atoms with Crippen molar-refractivity contribution >= 4 is 27.2 Å². The molecule has 4 rings (SSSR count). The molecule has 0 aliphatic rings. The molecule has 4 aromatic rings. The highest BCUT2D eigenvalue weighted by atomic mass is 32.1. The van der Waals surface area contributed by atoms with Crippen LogP contribution in [0.3, 0.4) is 0 Å². The Morgan fingerprint density at radius 3 is 2.67 bits per heavy atom. The Labute approximate surface area is 163 Å². The largest absolute Gasteiger partial charge is 0.494 e. The Kier molecular flexibility index (Phi) is 5.07. The summed E-state index contributed by atoms with van der Waals surface area (Å²) in [6.45, 7) is 5.56. The number of fused-ring (bicyclic) bond motifs is 1. The Morgan fingerprint density at radius 1 is 1.00 bits per heavy atom. The van der Waals surface area contributed by atoms with E-state index in [-0.39, 0.29) is 0 Å². The summed E-state index contributed by atoms with van der Waals surface area (Å²) >= 11 is 1.74. The summed E-state index contributed by atoms with van der Waals surface area (Å²) in [6.07, 6.45) is 0. The minimum absolute atomic E-state index is 0.684. The average molecular weight is 375 g/mol. The maximum atomic E-state index is 5.56. The minimum atomic E-state index is 0.684. The van der Waals surface area contributed by atoms with Crippen LogP contribution >= 0.6 is 11.3 Å². The number of thiazole rings is 1. The fourth-order valence-corrected chi connectivity index (χ4v) is 4.07. The van der Waals surface area contributed by atoms with Gasteiger partial charge in [-0.3, -0.25) is 0 Å². The molecule has 136 valence electrons. The third-order valence-corrected chi connectivity index (χ3v) is 5.45. The topological polar surface area (TPSA) is 34.1 Å². The minimum Gasteiger partial charge on any atom is -0.494 e. The molecule has 0 amide bonds. The number of ether oxygens (including phenoxy) is 1. The van der Waals surface area contributed by atoms with Crippen molar-refractivity contribution < 1.29 is 4.74 Å². The molecule has 1 heterocycles. The van der Waals surface area contributed by atoms with Crippen molar-refractivity contribution in [1.29, 1.82) is 0 Å². The van der Waals surface area contributed by atoms with Gasteiger partial charge in [-0.2, -0.15) is 0 Å². The van der Waals surface area contributed by atoms with Crippen LogP contribution in [-0.4, -0.2) is 11.6 Å². The molecular formula is C23H22N2OS. The second-order valence-electron chi connectivity index (χ2n) is 6.50. The predicted molar refractivity (Wildman–Crippen MR) is 115 cm³/mol. The lowest BCUT2D eigenvalue weighted by molar-refractivity contribution is 0.340. The fraction of sp³-hybridized carbons (Fsp3) is 0.174. The van der Waals surface area contributed by atoms with Crippen LogP contribution < -0.4 is 10.1 Å². The van der Waals surface area contributed by atoms with E-state index in [4.69, 9.17) is 9.72 Å². The van der Waals surface area contributed by atoms with Crippen LogP contribution in [0.2, 0.25) is 0 Å². The number of nitrogens with zero attached hydrogens (tertiary/aromatic N) is 1. The fourth-order valence-electron chi connectivity index (χ4n) is 3.00. The molecule has 0 aliphatic carbocycles. The lowest BCUT2D eigenvalue weighted by atomic mass is 10.2. The third kappa shape index (κ3) is 4.12. The molecule has 0 saturated carbocycles. The molecular weight excluding hydrogens is 352 g/mol. The van der Waals surface area contributed by atoms with E-state index in [0.29, 0.717) is 6.61 Å². The molecule has 1 N–H and O–H groups in total. The molecule has 3 nitrogen and oxygen atoms in total. The van der Waals surface area contributed by atoms with E-state index < -0.39 is 0 Å². The van der Waals surface area contributed by atoms with Gasteiger partial charge in [0.15, 0.2) is 0 Å². The number of aryl methyl sites for hydroxylation is 1. The van der Waals surface area contributed by atoms with Gasteiger partial charge in [-0.1, -0.05) is 18.2 Å². The van der Waals surface area contributed by atoms with Crippen molar-refractivity contribution in [1.82, 2.24) is 4.98 Å². The monoisotopic (exact) mass is 374 g/mol. The molecule has 0 spiro atoms. The normalized spacial score (nSPS) is 10.9. The Bertz CT molecular complexity index is 1050. The number of rotatable bonds is 6. The first kappa shape index (κ1) is 17.6. The predicted octanol–water partition coefficient (Wildman–Crippen LogP) is 6.28. The first-order valence-corrected chi connectivity index (χ1v) is 9.96. The Morgan fingerprint density at radius 2 is 1.85 bits per heavy atom. The highest BCUT2D eigenvalue weighted by Gasteiger charge is 2.06. The second kappa shape index (κ2) is 7.80. The lowest BCUT2D eigenvalue weighted by Gasteiger charge is -2.09. The first-order chi connectivity index (χ1) is 13.2. The van der Waals surface area contributed by atoms with Crippen molar-refractivity contribution in [2.75, 3.05) is 11.9 Å². The van der Waals surface area contributed by atoms with E-state index >= 15 is 0 Å². The molecule has 0 fully saturated rings. The van der Waals surface area contributed by atoms with Crippen molar-refractivity contribution in [2.45, 2.75) is 20.4 Å². The van der Waals surface area contributed by atoms with Gasteiger partial charge in [-0.15, -0.1) is 11.3 Å². The van der Waals surface area contributed by atoms with E-state index in [2.05, 4.69) is 66.8 Å². The molecule has 0 saturated heterocycles. The van der Waals surface area contributed by atoms with Crippen LogP contribution in [0.5, 0.6) is 5.75 Å². The summed E-state index contributed by atoms with van der Waals surface area (Å²) in [5.41, 5.74) is 5.78. The van der Waals surface area contributed by atoms with Crippen molar-refractivity contribution in [3.8, 4) is 16.3 Å². The summed E-state index contributed by atoms with van der Waals surface area (Å²) in [4.78, 5) is 4.76. The van der Waals surface area contributed by atoms with Gasteiger partial charge in [0.05, 0.1) is 16.8 Å². The van der Waals surface area contributed by atoms with Gasteiger partial charge >= 0.3 is 0 Å². The molecule has 0 bridgehead atoms. The van der Waals surface area contributed by atoms with Crippen LogP contribution in [0.4, 0.5) is 5.69 Å². The van der Waals surface area contributed by atoms with Gasteiger partial charge in [-0.05, 0) is 73.5 Å².